The Morgan fingerprint density at radius 1 is 1.62 bits per heavy atom. The number of hydrogen-bond acceptors (Lipinski definition) is 3. The van der Waals surface area contributed by atoms with Gasteiger partial charge in [0.25, 0.3) is 0 Å². The normalized spacial score (nSPS) is 12.4. The van der Waals surface area contributed by atoms with Gasteiger partial charge in [0.2, 0.25) is 5.91 Å². The molecule has 0 saturated carbocycles. The van der Waals surface area contributed by atoms with Gasteiger partial charge < -0.3 is 14.8 Å². The van der Waals surface area contributed by atoms with Crippen molar-refractivity contribution in [3.63, 3.8) is 0 Å². The maximum atomic E-state index is 11.5. The lowest BCUT2D eigenvalue weighted by Gasteiger charge is -2.12. The molecule has 1 aromatic heterocycles. The van der Waals surface area contributed by atoms with E-state index < -0.39 is 0 Å². The van der Waals surface area contributed by atoms with E-state index in [4.69, 9.17) is 9.52 Å². The van der Waals surface area contributed by atoms with Crippen LogP contribution >= 0.6 is 0 Å². The lowest BCUT2D eigenvalue weighted by atomic mass is 10.1. The highest BCUT2D eigenvalue weighted by Crippen LogP contribution is 2.04. The third-order valence-corrected chi connectivity index (χ3v) is 2.38. The van der Waals surface area contributed by atoms with Crippen LogP contribution in [0.2, 0.25) is 0 Å². The number of aliphatic hydroxyl groups excluding tert-OH is 1. The van der Waals surface area contributed by atoms with Crippen LogP contribution in [-0.4, -0.2) is 23.7 Å². The topological polar surface area (TPSA) is 62.5 Å². The Bertz CT molecular complexity index is 295. The minimum absolute atomic E-state index is 0.0295. The fourth-order valence-electron chi connectivity index (χ4n) is 1.51. The number of hydrogen-bond donors (Lipinski definition) is 2. The molecule has 0 aliphatic rings. The fourth-order valence-corrected chi connectivity index (χ4v) is 1.51. The number of nitrogens with one attached hydrogen (secondary N) is 1. The zero-order valence-electron chi connectivity index (χ0n) is 9.61. The molecule has 2 N–H and O–H groups in total. The molecule has 1 amide bonds. The molecule has 0 spiro atoms. The molecule has 1 unspecified atom stereocenters. The van der Waals surface area contributed by atoms with Gasteiger partial charge in [0, 0.05) is 25.5 Å². The van der Waals surface area contributed by atoms with Crippen LogP contribution < -0.4 is 5.32 Å². The monoisotopic (exact) mass is 225 g/mol. The Morgan fingerprint density at radius 2 is 2.44 bits per heavy atom. The van der Waals surface area contributed by atoms with Gasteiger partial charge in [0.15, 0.2) is 0 Å². The molecule has 16 heavy (non-hydrogen) atoms. The van der Waals surface area contributed by atoms with Gasteiger partial charge in [0.05, 0.1) is 6.26 Å². The predicted molar refractivity (Wildman–Crippen MR) is 61.0 cm³/mol. The molecule has 1 heterocycles. The summed E-state index contributed by atoms with van der Waals surface area (Å²) >= 11 is 0. The SMILES string of the molecule is CC(CCCO)NC(=O)CCc1ccco1. The van der Waals surface area contributed by atoms with Crippen LogP contribution in [0.25, 0.3) is 0 Å². The van der Waals surface area contributed by atoms with Crippen LogP contribution in [0.1, 0.15) is 31.9 Å². The first-order valence-corrected chi connectivity index (χ1v) is 5.65. The molecule has 0 radical (unpaired) electrons. The van der Waals surface area contributed by atoms with Gasteiger partial charge >= 0.3 is 0 Å². The van der Waals surface area contributed by atoms with Crippen LogP contribution in [0, 0.1) is 0 Å². The fraction of sp³-hybridized carbons (Fsp3) is 0.583. The second kappa shape index (κ2) is 7.06. The highest BCUT2D eigenvalue weighted by Gasteiger charge is 2.07. The van der Waals surface area contributed by atoms with E-state index in [0.29, 0.717) is 12.8 Å². The number of furan rings is 1. The summed E-state index contributed by atoms with van der Waals surface area (Å²) in [6, 6.07) is 3.80. The standard InChI is InChI=1S/C12H19NO3/c1-10(4-2-8-14)13-12(15)7-6-11-5-3-9-16-11/h3,5,9-10,14H,2,4,6-8H2,1H3,(H,13,15). The number of aliphatic hydroxyl groups is 1. The number of amides is 1. The van der Waals surface area contributed by atoms with Gasteiger partial charge in [0.1, 0.15) is 5.76 Å². The maximum absolute atomic E-state index is 11.5. The molecule has 0 fully saturated rings. The van der Waals surface area contributed by atoms with E-state index in [1.807, 2.05) is 19.1 Å². The zero-order chi connectivity index (χ0) is 11.8. The van der Waals surface area contributed by atoms with Crippen LogP contribution in [-0.2, 0) is 11.2 Å². The van der Waals surface area contributed by atoms with E-state index in [1.54, 1.807) is 6.26 Å². The Kier molecular flexibility index (Phi) is 5.64. The van der Waals surface area contributed by atoms with Gasteiger partial charge in [-0.2, -0.15) is 0 Å². The maximum Gasteiger partial charge on any atom is 0.220 e. The molecular formula is C12H19NO3. The van der Waals surface area contributed by atoms with E-state index in [-0.39, 0.29) is 18.6 Å². The van der Waals surface area contributed by atoms with Crippen molar-refractivity contribution in [2.75, 3.05) is 6.61 Å². The minimum atomic E-state index is 0.0295. The van der Waals surface area contributed by atoms with Crippen molar-refractivity contribution < 1.29 is 14.3 Å². The van der Waals surface area contributed by atoms with E-state index in [0.717, 1.165) is 18.6 Å². The summed E-state index contributed by atoms with van der Waals surface area (Å²) in [5.74, 6) is 0.861. The molecule has 0 aromatic carbocycles. The zero-order valence-corrected chi connectivity index (χ0v) is 9.61. The number of carbonyl (C=O) groups is 1. The molecule has 4 heteroatoms. The molecule has 1 rings (SSSR count). The predicted octanol–water partition coefficient (Wildman–Crippen LogP) is 1.49. The summed E-state index contributed by atoms with van der Waals surface area (Å²) in [5.41, 5.74) is 0. The van der Waals surface area contributed by atoms with Crippen LogP contribution in [0.15, 0.2) is 22.8 Å². The van der Waals surface area contributed by atoms with Crippen molar-refractivity contribution in [3.8, 4) is 0 Å². The molecule has 1 aromatic rings. The van der Waals surface area contributed by atoms with E-state index in [2.05, 4.69) is 5.32 Å². The minimum Gasteiger partial charge on any atom is -0.469 e. The molecule has 4 nitrogen and oxygen atoms in total. The van der Waals surface area contributed by atoms with Crippen LogP contribution in [0.4, 0.5) is 0 Å². The molecule has 90 valence electrons. The Morgan fingerprint density at radius 3 is 3.06 bits per heavy atom. The largest absolute Gasteiger partial charge is 0.469 e. The van der Waals surface area contributed by atoms with Crippen molar-refractivity contribution >= 4 is 5.91 Å². The second-order valence-corrected chi connectivity index (χ2v) is 3.91. The van der Waals surface area contributed by atoms with Crippen molar-refractivity contribution in [2.24, 2.45) is 0 Å². The van der Waals surface area contributed by atoms with Crippen LogP contribution in [0.5, 0.6) is 0 Å². The molecule has 0 bridgehead atoms. The summed E-state index contributed by atoms with van der Waals surface area (Å²) in [6.07, 6.45) is 4.21. The molecular weight excluding hydrogens is 206 g/mol. The van der Waals surface area contributed by atoms with Gasteiger partial charge in [-0.05, 0) is 31.9 Å². The average Bonchev–Trinajstić information content (AvgIpc) is 2.76. The Balaban J connectivity index is 2.15. The van der Waals surface area contributed by atoms with Crippen molar-refractivity contribution in [2.45, 2.75) is 38.6 Å². The first-order chi connectivity index (χ1) is 7.72. The lowest BCUT2D eigenvalue weighted by Crippen LogP contribution is -2.32. The molecule has 1 atom stereocenters. The summed E-state index contributed by atoms with van der Waals surface area (Å²) in [6.45, 7) is 2.12. The summed E-state index contributed by atoms with van der Waals surface area (Å²) in [7, 11) is 0. The number of carbonyl (C=O) groups excluding carboxylic acids is 1. The molecule has 0 aliphatic carbocycles. The van der Waals surface area contributed by atoms with E-state index in [9.17, 15) is 4.79 Å². The van der Waals surface area contributed by atoms with Crippen molar-refractivity contribution in [1.82, 2.24) is 5.32 Å². The smallest absolute Gasteiger partial charge is 0.220 e. The van der Waals surface area contributed by atoms with E-state index in [1.165, 1.54) is 0 Å². The molecule has 0 saturated heterocycles. The summed E-state index contributed by atoms with van der Waals surface area (Å²) < 4.78 is 5.14. The van der Waals surface area contributed by atoms with Crippen molar-refractivity contribution in [1.29, 1.82) is 0 Å². The van der Waals surface area contributed by atoms with Gasteiger partial charge in [-0.15, -0.1) is 0 Å². The Labute approximate surface area is 95.7 Å². The highest BCUT2D eigenvalue weighted by atomic mass is 16.3. The first-order valence-electron chi connectivity index (χ1n) is 5.65. The lowest BCUT2D eigenvalue weighted by molar-refractivity contribution is -0.121. The Hall–Kier alpha value is -1.29. The summed E-state index contributed by atoms with van der Waals surface area (Å²) in [5, 5.41) is 11.5. The highest BCUT2D eigenvalue weighted by molar-refractivity contribution is 5.76. The van der Waals surface area contributed by atoms with E-state index >= 15 is 0 Å². The van der Waals surface area contributed by atoms with Gasteiger partial charge in [-0.1, -0.05) is 0 Å². The second-order valence-electron chi connectivity index (χ2n) is 3.91. The van der Waals surface area contributed by atoms with Gasteiger partial charge in [-0.3, -0.25) is 4.79 Å². The number of aryl methyl sites for hydroxylation is 1. The number of rotatable bonds is 7. The average molecular weight is 225 g/mol. The molecule has 0 aliphatic heterocycles. The summed E-state index contributed by atoms with van der Waals surface area (Å²) in [4.78, 5) is 11.5. The third-order valence-electron chi connectivity index (χ3n) is 2.38. The quantitative estimate of drug-likeness (QED) is 0.739. The third kappa shape index (κ3) is 4.98. The van der Waals surface area contributed by atoms with Crippen LogP contribution in [0.3, 0.4) is 0 Å². The first kappa shape index (κ1) is 12.8. The van der Waals surface area contributed by atoms with Crippen molar-refractivity contribution in [3.05, 3.63) is 24.2 Å². The van der Waals surface area contributed by atoms with Gasteiger partial charge in [-0.25, -0.2) is 0 Å².